The Balaban J connectivity index is 1.81. The zero-order chi connectivity index (χ0) is 24.8. The number of fused-ring (bicyclic) bond motifs is 1. The topological polar surface area (TPSA) is 108 Å². The molecule has 176 valence electrons. The minimum absolute atomic E-state index is 0.0158. The second-order valence-corrected chi connectivity index (χ2v) is 8.01. The van der Waals surface area contributed by atoms with Crippen LogP contribution in [0.25, 0.3) is 22.0 Å². The van der Waals surface area contributed by atoms with Crippen molar-refractivity contribution in [2.24, 2.45) is 14.1 Å². The molecule has 0 saturated carbocycles. The summed E-state index contributed by atoms with van der Waals surface area (Å²) in [6.45, 7) is 1.67. The third-order valence-corrected chi connectivity index (χ3v) is 5.47. The van der Waals surface area contributed by atoms with E-state index >= 15 is 0 Å². The molecule has 4 rings (SSSR count). The highest BCUT2D eigenvalue weighted by Gasteiger charge is 2.31. The molecule has 4 aromatic rings. The molecule has 0 saturated heterocycles. The molecule has 8 nitrogen and oxygen atoms in total. The van der Waals surface area contributed by atoms with E-state index in [2.05, 4.69) is 15.4 Å². The first kappa shape index (κ1) is 23.0. The highest BCUT2D eigenvalue weighted by atomic mass is 19.4. The normalized spacial score (nSPS) is 12.6. The first-order valence-electron chi connectivity index (χ1n) is 10.2. The first-order chi connectivity index (χ1) is 15.9. The van der Waals surface area contributed by atoms with E-state index in [1.807, 2.05) is 0 Å². The second-order valence-electron chi connectivity index (χ2n) is 8.01. The van der Waals surface area contributed by atoms with Gasteiger partial charge < -0.3 is 15.6 Å². The molecule has 0 aliphatic rings. The fourth-order valence-corrected chi connectivity index (χ4v) is 3.63. The number of nitrogen functional groups attached to an aromatic ring is 1. The van der Waals surface area contributed by atoms with Crippen molar-refractivity contribution in [3.8, 4) is 11.3 Å². The van der Waals surface area contributed by atoms with Crippen LogP contribution < -0.4 is 22.2 Å². The summed E-state index contributed by atoms with van der Waals surface area (Å²) in [5, 5.41) is 8.10. The molecule has 1 aromatic carbocycles. The van der Waals surface area contributed by atoms with Crippen molar-refractivity contribution in [3.05, 3.63) is 80.6 Å². The summed E-state index contributed by atoms with van der Waals surface area (Å²) in [6.07, 6.45) is -1.51. The van der Waals surface area contributed by atoms with Crippen molar-refractivity contribution < 1.29 is 13.2 Å². The average Bonchev–Trinajstić information content (AvgIpc) is 2.77. The van der Waals surface area contributed by atoms with Crippen LogP contribution in [0.4, 0.5) is 24.7 Å². The molecule has 0 unspecified atom stereocenters. The lowest BCUT2D eigenvalue weighted by atomic mass is 10.0. The van der Waals surface area contributed by atoms with Crippen molar-refractivity contribution in [1.82, 2.24) is 19.3 Å². The molecule has 1 atom stereocenters. The summed E-state index contributed by atoms with van der Waals surface area (Å²) in [4.78, 5) is 28.7. The number of alkyl halides is 3. The Bertz CT molecular complexity index is 1520. The van der Waals surface area contributed by atoms with Crippen LogP contribution in [0.3, 0.4) is 0 Å². The molecule has 0 aliphatic carbocycles. The van der Waals surface area contributed by atoms with Gasteiger partial charge in [-0.05, 0) is 42.8 Å². The van der Waals surface area contributed by atoms with E-state index in [1.54, 1.807) is 32.3 Å². The van der Waals surface area contributed by atoms with E-state index in [1.165, 1.54) is 29.9 Å². The Labute approximate surface area is 191 Å². The van der Waals surface area contributed by atoms with Crippen LogP contribution in [0.15, 0.2) is 58.4 Å². The molecular weight excluding hydrogens is 449 g/mol. The summed E-state index contributed by atoms with van der Waals surface area (Å²) >= 11 is 0. The minimum atomic E-state index is -4.54. The first-order valence-corrected chi connectivity index (χ1v) is 10.2. The van der Waals surface area contributed by atoms with Crippen LogP contribution in [0, 0.1) is 0 Å². The lowest BCUT2D eigenvalue weighted by Crippen LogP contribution is -2.22. The van der Waals surface area contributed by atoms with Gasteiger partial charge in [-0.1, -0.05) is 0 Å². The number of nitrogens with zero attached hydrogens (tertiary/aromatic N) is 4. The van der Waals surface area contributed by atoms with Gasteiger partial charge in [-0.2, -0.15) is 18.3 Å². The number of nitrogens with one attached hydrogen (secondary N) is 1. The number of aryl methyl sites for hydroxylation is 2. The highest BCUT2D eigenvalue weighted by molar-refractivity contribution is 5.93. The van der Waals surface area contributed by atoms with Crippen molar-refractivity contribution >= 4 is 22.3 Å². The average molecular weight is 470 g/mol. The monoisotopic (exact) mass is 470 g/mol. The predicted octanol–water partition coefficient (Wildman–Crippen LogP) is 3.47. The molecule has 0 amide bonds. The zero-order valence-electron chi connectivity index (χ0n) is 18.5. The number of aromatic nitrogens is 4. The molecule has 0 aliphatic heterocycles. The van der Waals surface area contributed by atoms with Gasteiger partial charge in [-0.15, -0.1) is 0 Å². The van der Waals surface area contributed by atoms with E-state index < -0.39 is 17.8 Å². The van der Waals surface area contributed by atoms with Gasteiger partial charge in [0.15, 0.2) is 5.82 Å². The fraction of sp³-hybridized carbons (Fsp3) is 0.217. The molecule has 34 heavy (non-hydrogen) atoms. The summed E-state index contributed by atoms with van der Waals surface area (Å²) < 4.78 is 42.3. The third-order valence-electron chi connectivity index (χ3n) is 5.47. The second kappa shape index (κ2) is 8.32. The lowest BCUT2D eigenvalue weighted by molar-refractivity contribution is -0.137. The highest BCUT2D eigenvalue weighted by Crippen LogP contribution is 2.34. The van der Waals surface area contributed by atoms with E-state index in [-0.39, 0.29) is 28.0 Å². The predicted molar refractivity (Wildman–Crippen MR) is 123 cm³/mol. The van der Waals surface area contributed by atoms with Crippen LogP contribution in [0.1, 0.15) is 24.1 Å². The van der Waals surface area contributed by atoms with Crippen LogP contribution in [0.2, 0.25) is 0 Å². The fourth-order valence-electron chi connectivity index (χ4n) is 3.63. The number of hydrogen-bond acceptors (Lipinski definition) is 6. The molecule has 0 bridgehead atoms. The molecule has 11 heteroatoms. The lowest BCUT2D eigenvalue weighted by Gasteiger charge is -2.19. The summed E-state index contributed by atoms with van der Waals surface area (Å²) in [5.41, 5.74) is 5.73. The van der Waals surface area contributed by atoms with Crippen molar-refractivity contribution in [3.63, 3.8) is 0 Å². The number of nitrogens with two attached hydrogens (primary N) is 1. The Morgan fingerprint density at radius 1 is 1.06 bits per heavy atom. The number of pyridine rings is 2. The summed E-state index contributed by atoms with van der Waals surface area (Å²) in [6, 6.07) is 7.41. The van der Waals surface area contributed by atoms with Crippen molar-refractivity contribution in [2.75, 3.05) is 11.1 Å². The van der Waals surface area contributed by atoms with Crippen LogP contribution >= 0.6 is 0 Å². The maximum atomic E-state index is 13.2. The van der Waals surface area contributed by atoms with E-state index in [0.29, 0.717) is 22.2 Å². The van der Waals surface area contributed by atoms with Gasteiger partial charge in [0.2, 0.25) is 5.56 Å². The Kier molecular flexibility index (Phi) is 5.64. The molecule has 0 radical (unpaired) electrons. The summed E-state index contributed by atoms with van der Waals surface area (Å²) in [5.74, 6) is 0.286. The number of rotatable bonds is 4. The van der Waals surface area contributed by atoms with Gasteiger partial charge in [0.25, 0.3) is 5.56 Å². The van der Waals surface area contributed by atoms with E-state index in [0.717, 1.165) is 16.8 Å². The van der Waals surface area contributed by atoms with Gasteiger partial charge in [0, 0.05) is 49.2 Å². The van der Waals surface area contributed by atoms with Crippen LogP contribution in [-0.4, -0.2) is 19.3 Å². The zero-order valence-corrected chi connectivity index (χ0v) is 18.5. The molecule has 0 spiro atoms. The maximum Gasteiger partial charge on any atom is 0.416 e. The van der Waals surface area contributed by atoms with Crippen LogP contribution in [-0.2, 0) is 20.3 Å². The number of benzene rings is 1. The molecule has 3 N–H and O–H groups in total. The van der Waals surface area contributed by atoms with Gasteiger partial charge in [0.05, 0.1) is 22.7 Å². The Morgan fingerprint density at radius 2 is 1.79 bits per heavy atom. The van der Waals surface area contributed by atoms with E-state index in [4.69, 9.17) is 5.73 Å². The van der Waals surface area contributed by atoms with Gasteiger partial charge >= 0.3 is 6.18 Å². The largest absolute Gasteiger partial charge is 0.416 e. The van der Waals surface area contributed by atoms with Crippen LogP contribution in [0.5, 0.6) is 0 Å². The molecule has 3 heterocycles. The number of halogens is 3. The smallest absolute Gasteiger partial charge is 0.399 e. The number of hydrogen-bond donors (Lipinski definition) is 2. The number of anilines is 2. The van der Waals surface area contributed by atoms with Gasteiger partial charge in [-0.25, -0.2) is 4.68 Å². The summed E-state index contributed by atoms with van der Waals surface area (Å²) in [7, 11) is 3.08. The van der Waals surface area contributed by atoms with Crippen molar-refractivity contribution in [1.29, 1.82) is 0 Å². The van der Waals surface area contributed by atoms with Crippen molar-refractivity contribution in [2.45, 2.75) is 19.1 Å². The Morgan fingerprint density at radius 3 is 2.47 bits per heavy atom. The standard InChI is InChI=1S/C23H21F3N6O2/c1-12(14-6-15(23(24,25)26)8-16(27)7-14)29-21-17-9-19(13-4-5-20(33)31(2)11-13)28-10-18(17)22(34)32(3)30-21/h4-12H,27H2,1-3H3,(H,29,30)/t12-/m1/s1. The van der Waals surface area contributed by atoms with E-state index in [9.17, 15) is 22.8 Å². The van der Waals surface area contributed by atoms with Gasteiger partial charge in [0.1, 0.15) is 0 Å². The maximum absolute atomic E-state index is 13.2. The molecular formula is C23H21F3N6O2. The quantitative estimate of drug-likeness (QED) is 0.443. The Hall–Kier alpha value is -4.15. The molecule has 0 fully saturated rings. The minimum Gasteiger partial charge on any atom is -0.399 e. The van der Waals surface area contributed by atoms with Gasteiger partial charge in [-0.3, -0.25) is 14.6 Å². The molecule has 3 aromatic heterocycles. The SMILES string of the molecule is C[C@@H](Nc1nn(C)c(=O)c2cnc(-c3ccc(=O)n(C)c3)cc12)c1cc(N)cc(C(F)(F)F)c1. The third kappa shape index (κ3) is 4.36.